The van der Waals surface area contributed by atoms with E-state index in [-0.39, 0.29) is 11.1 Å². The maximum Gasteiger partial charge on any atom is 0.257 e. The van der Waals surface area contributed by atoms with Gasteiger partial charge in [0.1, 0.15) is 0 Å². The lowest BCUT2D eigenvalue weighted by atomic mass is 10.1. The lowest BCUT2D eigenvalue weighted by Crippen LogP contribution is -2.17. The summed E-state index contributed by atoms with van der Waals surface area (Å²) in [5.74, 6) is 0. The zero-order valence-corrected chi connectivity index (χ0v) is 10.1. The summed E-state index contributed by atoms with van der Waals surface area (Å²) < 4.78 is 0. The number of aryl methyl sites for hydroxylation is 2. The van der Waals surface area contributed by atoms with Crippen molar-refractivity contribution in [3.05, 3.63) is 44.1 Å². The molecule has 0 fully saturated rings. The third-order valence-corrected chi connectivity index (χ3v) is 2.98. The Hall–Kier alpha value is -1.84. The lowest BCUT2D eigenvalue weighted by molar-refractivity contribution is 0.788. The first kappa shape index (κ1) is 11.6. The molecule has 0 amide bonds. The van der Waals surface area contributed by atoms with E-state index in [0.717, 1.165) is 24.8 Å². The molecule has 4 nitrogen and oxygen atoms in total. The highest BCUT2D eigenvalue weighted by molar-refractivity contribution is 5.80. The fourth-order valence-electron chi connectivity index (χ4n) is 1.94. The summed E-state index contributed by atoms with van der Waals surface area (Å²) in [5, 5.41) is 0.565. The van der Waals surface area contributed by atoms with Crippen molar-refractivity contribution < 1.29 is 0 Å². The predicted octanol–water partition coefficient (Wildman–Crippen LogP) is 1.87. The second-order valence-corrected chi connectivity index (χ2v) is 4.32. The van der Waals surface area contributed by atoms with Crippen LogP contribution < -0.4 is 11.1 Å². The Morgan fingerprint density at radius 2 is 2.00 bits per heavy atom. The molecule has 2 rings (SSSR count). The van der Waals surface area contributed by atoms with Gasteiger partial charge in [-0.15, -0.1) is 0 Å². The van der Waals surface area contributed by atoms with Gasteiger partial charge in [-0.3, -0.25) is 9.59 Å². The topological polar surface area (TPSA) is 65.7 Å². The molecule has 90 valence electrons. The summed E-state index contributed by atoms with van der Waals surface area (Å²) >= 11 is 0. The molecule has 17 heavy (non-hydrogen) atoms. The van der Waals surface area contributed by atoms with E-state index < -0.39 is 0 Å². The maximum atomic E-state index is 11.8. The molecule has 0 aromatic carbocycles. The number of rotatable bonds is 3. The number of pyridine rings is 2. The molecule has 0 spiro atoms. The Morgan fingerprint density at radius 1 is 1.24 bits per heavy atom. The summed E-state index contributed by atoms with van der Waals surface area (Å²) in [7, 11) is 0. The minimum atomic E-state index is -0.153. The van der Waals surface area contributed by atoms with E-state index in [9.17, 15) is 9.59 Å². The fourth-order valence-corrected chi connectivity index (χ4v) is 1.94. The van der Waals surface area contributed by atoms with Crippen molar-refractivity contribution >= 4 is 10.9 Å². The SMILES string of the molecule is CCCCc1cc2c(=O)[nH]cc(C)c2[nH]c1=O. The quantitative estimate of drug-likeness (QED) is 0.848. The van der Waals surface area contributed by atoms with Gasteiger partial charge in [-0.2, -0.15) is 0 Å². The van der Waals surface area contributed by atoms with E-state index in [1.54, 1.807) is 12.3 Å². The molecule has 0 aliphatic carbocycles. The molecular formula is C13H16N2O2. The van der Waals surface area contributed by atoms with Crippen molar-refractivity contribution in [2.24, 2.45) is 0 Å². The molecule has 0 saturated carbocycles. The first-order chi connectivity index (χ1) is 8.13. The van der Waals surface area contributed by atoms with Crippen LogP contribution in [0.2, 0.25) is 0 Å². The smallest absolute Gasteiger partial charge is 0.257 e. The number of H-pyrrole nitrogens is 2. The second kappa shape index (κ2) is 4.57. The number of fused-ring (bicyclic) bond motifs is 1. The average Bonchev–Trinajstić information content (AvgIpc) is 2.32. The van der Waals surface area contributed by atoms with Crippen LogP contribution in [0, 0.1) is 6.92 Å². The summed E-state index contributed by atoms with van der Waals surface area (Å²) in [5.41, 5.74) is 1.97. The lowest BCUT2D eigenvalue weighted by Gasteiger charge is -2.04. The molecule has 2 aromatic rings. The third-order valence-electron chi connectivity index (χ3n) is 2.98. The maximum absolute atomic E-state index is 11.8. The fraction of sp³-hybridized carbons (Fsp3) is 0.385. The van der Waals surface area contributed by atoms with Gasteiger partial charge >= 0.3 is 0 Å². The Bertz CT molecular complexity index is 652. The van der Waals surface area contributed by atoms with E-state index in [2.05, 4.69) is 16.9 Å². The van der Waals surface area contributed by atoms with Crippen molar-refractivity contribution in [3.63, 3.8) is 0 Å². The Kier molecular flexibility index (Phi) is 3.13. The van der Waals surface area contributed by atoms with Gasteiger partial charge < -0.3 is 9.97 Å². The Labute approximate surface area is 98.7 Å². The van der Waals surface area contributed by atoms with Crippen LogP contribution >= 0.6 is 0 Å². The van der Waals surface area contributed by atoms with E-state index in [0.29, 0.717) is 16.5 Å². The van der Waals surface area contributed by atoms with Gasteiger partial charge in [0, 0.05) is 11.8 Å². The van der Waals surface area contributed by atoms with Crippen LogP contribution in [-0.4, -0.2) is 9.97 Å². The Morgan fingerprint density at radius 3 is 2.71 bits per heavy atom. The second-order valence-electron chi connectivity index (χ2n) is 4.32. The molecule has 0 aliphatic rings. The summed E-state index contributed by atoms with van der Waals surface area (Å²) in [4.78, 5) is 29.0. The molecule has 2 aromatic heterocycles. The highest BCUT2D eigenvalue weighted by Gasteiger charge is 2.07. The van der Waals surface area contributed by atoms with Gasteiger partial charge in [0.15, 0.2) is 0 Å². The van der Waals surface area contributed by atoms with Gasteiger partial charge in [-0.25, -0.2) is 0 Å². The van der Waals surface area contributed by atoms with Gasteiger partial charge in [0.2, 0.25) is 0 Å². The van der Waals surface area contributed by atoms with Crippen LogP contribution in [0.4, 0.5) is 0 Å². The highest BCUT2D eigenvalue weighted by Crippen LogP contribution is 2.11. The zero-order valence-electron chi connectivity index (χ0n) is 10.1. The van der Waals surface area contributed by atoms with E-state index in [1.807, 2.05) is 6.92 Å². The van der Waals surface area contributed by atoms with Crippen molar-refractivity contribution in [1.29, 1.82) is 0 Å². The molecule has 0 saturated heterocycles. The number of hydrogen-bond acceptors (Lipinski definition) is 2. The monoisotopic (exact) mass is 232 g/mol. The summed E-state index contributed by atoms with van der Waals surface area (Å²) in [6.07, 6.45) is 4.32. The van der Waals surface area contributed by atoms with Crippen LogP contribution in [0.15, 0.2) is 21.9 Å². The first-order valence-electron chi connectivity index (χ1n) is 5.87. The van der Waals surface area contributed by atoms with Gasteiger partial charge in [0.25, 0.3) is 11.1 Å². The van der Waals surface area contributed by atoms with Gasteiger partial charge in [-0.1, -0.05) is 13.3 Å². The number of unbranched alkanes of at least 4 members (excludes halogenated alkanes) is 1. The zero-order chi connectivity index (χ0) is 12.4. The molecule has 0 bridgehead atoms. The first-order valence-corrected chi connectivity index (χ1v) is 5.87. The van der Waals surface area contributed by atoms with Gasteiger partial charge in [0.05, 0.1) is 10.9 Å². The molecule has 0 unspecified atom stereocenters. The van der Waals surface area contributed by atoms with Crippen molar-refractivity contribution in [2.45, 2.75) is 33.1 Å². The molecule has 2 N–H and O–H groups in total. The van der Waals surface area contributed by atoms with Gasteiger partial charge in [-0.05, 0) is 31.4 Å². The highest BCUT2D eigenvalue weighted by atomic mass is 16.1. The average molecular weight is 232 g/mol. The van der Waals surface area contributed by atoms with Crippen LogP contribution in [0.5, 0.6) is 0 Å². The minimum absolute atomic E-state index is 0.0837. The van der Waals surface area contributed by atoms with Crippen molar-refractivity contribution in [3.8, 4) is 0 Å². The molecule has 2 heterocycles. The number of nitrogens with one attached hydrogen (secondary N) is 2. The van der Waals surface area contributed by atoms with Crippen LogP contribution in [-0.2, 0) is 6.42 Å². The predicted molar refractivity (Wildman–Crippen MR) is 68.5 cm³/mol. The molecule has 0 radical (unpaired) electrons. The van der Waals surface area contributed by atoms with Crippen LogP contribution in [0.25, 0.3) is 10.9 Å². The van der Waals surface area contributed by atoms with Crippen LogP contribution in [0.1, 0.15) is 30.9 Å². The van der Waals surface area contributed by atoms with Crippen LogP contribution in [0.3, 0.4) is 0 Å². The number of hydrogen-bond donors (Lipinski definition) is 2. The van der Waals surface area contributed by atoms with E-state index in [1.165, 1.54) is 0 Å². The molecule has 0 atom stereocenters. The largest absolute Gasteiger partial charge is 0.328 e. The molecule has 4 heteroatoms. The van der Waals surface area contributed by atoms with E-state index >= 15 is 0 Å². The summed E-state index contributed by atoms with van der Waals surface area (Å²) in [6, 6.07) is 1.72. The minimum Gasteiger partial charge on any atom is -0.328 e. The van der Waals surface area contributed by atoms with E-state index in [4.69, 9.17) is 0 Å². The van der Waals surface area contributed by atoms with Crippen molar-refractivity contribution in [1.82, 2.24) is 9.97 Å². The summed E-state index contributed by atoms with van der Waals surface area (Å²) in [6.45, 7) is 3.94. The number of aromatic amines is 2. The standard InChI is InChI=1S/C13H16N2O2/c1-3-4-5-9-6-10-11(15-12(9)16)8(2)7-14-13(10)17/h6-7H,3-5H2,1-2H3,(H,14,17)(H,15,16). The molecular weight excluding hydrogens is 216 g/mol. The molecule has 0 aliphatic heterocycles. The number of aromatic nitrogens is 2. The van der Waals surface area contributed by atoms with Crippen molar-refractivity contribution in [2.75, 3.05) is 0 Å². The third kappa shape index (κ3) is 2.16. The Balaban J connectivity index is 2.67. The normalized spacial score (nSPS) is 10.9.